The molecular weight excluding hydrogens is 475 g/mol. The molecule has 0 aliphatic carbocycles. The van der Waals surface area contributed by atoms with E-state index < -0.39 is 10.0 Å². The van der Waals surface area contributed by atoms with Crippen LogP contribution in [0.25, 0.3) is 11.5 Å². The Bertz CT molecular complexity index is 1440. The van der Waals surface area contributed by atoms with Gasteiger partial charge in [-0.25, -0.2) is 12.8 Å². The first-order valence-electron chi connectivity index (χ1n) is 10.8. The Balaban J connectivity index is 1.24. The van der Waals surface area contributed by atoms with E-state index in [2.05, 4.69) is 20.2 Å². The molecule has 0 saturated heterocycles. The lowest BCUT2D eigenvalue weighted by Crippen LogP contribution is -2.17. The molecule has 9 nitrogen and oxygen atoms in total. The van der Waals surface area contributed by atoms with Crippen LogP contribution in [0.15, 0.2) is 76.0 Å². The van der Waals surface area contributed by atoms with Crippen molar-refractivity contribution >= 4 is 21.4 Å². The minimum atomic E-state index is -3.81. The molecule has 0 fully saturated rings. The zero-order valence-electron chi connectivity index (χ0n) is 18.6. The summed E-state index contributed by atoms with van der Waals surface area (Å²) in [4.78, 5) is 0.0749. The molecule has 1 aliphatic heterocycles. The van der Waals surface area contributed by atoms with E-state index in [4.69, 9.17) is 13.9 Å². The number of rotatable bonds is 7. The molecule has 3 aromatic carbocycles. The van der Waals surface area contributed by atoms with Crippen molar-refractivity contribution in [2.45, 2.75) is 17.9 Å². The number of fused-ring (bicyclic) bond motifs is 1. The summed E-state index contributed by atoms with van der Waals surface area (Å²) in [5, 5.41) is 11.3. The Morgan fingerprint density at radius 1 is 0.886 bits per heavy atom. The summed E-state index contributed by atoms with van der Waals surface area (Å²) in [5.74, 6) is 1.22. The Hall–Kier alpha value is -4.12. The van der Waals surface area contributed by atoms with Gasteiger partial charge in [-0.1, -0.05) is 0 Å². The SMILES string of the molecule is C[C@@H](Nc1ccc(NS(=O)(=O)c2ccc3c(c2)OCCO3)cc1)c1nnc(-c2ccc(F)cc2)o1. The number of benzene rings is 3. The molecule has 1 atom stereocenters. The number of nitrogens with zero attached hydrogens (tertiary/aromatic N) is 2. The maximum absolute atomic E-state index is 13.1. The zero-order chi connectivity index (χ0) is 24.4. The highest BCUT2D eigenvalue weighted by Gasteiger charge is 2.20. The quantitative estimate of drug-likeness (QED) is 0.381. The highest BCUT2D eigenvalue weighted by atomic mass is 32.2. The van der Waals surface area contributed by atoms with Gasteiger partial charge in [-0.2, -0.15) is 0 Å². The van der Waals surface area contributed by atoms with Gasteiger partial charge in [0.05, 0.1) is 4.90 Å². The fourth-order valence-electron chi connectivity index (χ4n) is 3.47. The number of halogens is 1. The van der Waals surface area contributed by atoms with E-state index in [0.29, 0.717) is 41.9 Å². The molecule has 0 amide bonds. The molecular formula is C24H21FN4O5S. The highest BCUT2D eigenvalue weighted by Crippen LogP contribution is 2.33. The summed E-state index contributed by atoms with van der Waals surface area (Å²) >= 11 is 0. The molecule has 0 radical (unpaired) electrons. The van der Waals surface area contributed by atoms with Crippen molar-refractivity contribution in [1.29, 1.82) is 0 Å². The number of aromatic nitrogens is 2. The van der Waals surface area contributed by atoms with Crippen molar-refractivity contribution in [3.05, 3.63) is 78.4 Å². The Labute approximate surface area is 201 Å². The van der Waals surface area contributed by atoms with Crippen LogP contribution in [0, 0.1) is 5.82 Å². The molecule has 4 aromatic rings. The number of sulfonamides is 1. The van der Waals surface area contributed by atoms with Gasteiger partial charge in [0.2, 0.25) is 11.8 Å². The molecule has 0 saturated carbocycles. The second kappa shape index (κ2) is 9.26. The molecule has 0 unspecified atom stereocenters. The Morgan fingerprint density at radius 2 is 1.57 bits per heavy atom. The van der Waals surface area contributed by atoms with Crippen molar-refractivity contribution in [1.82, 2.24) is 10.2 Å². The summed E-state index contributed by atoms with van der Waals surface area (Å²) in [5.41, 5.74) is 1.74. The topological polar surface area (TPSA) is 116 Å². The van der Waals surface area contributed by atoms with Crippen molar-refractivity contribution in [2.75, 3.05) is 23.3 Å². The van der Waals surface area contributed by atoms with Crippen LogP contribution in [-0.2, 0) is 10.0 Å². The predicted octanol–water partition coefficient (Wildman–Crippen LogP) is 4.62. The molecule has 180 valence electrons. The largest absolute Gasteiger partial charge is 0.486 e. The number of hydrogen-bond donors (Lipinski definition) is 2. The van der Waals surface area contributed by atoms with E-state index in [1.54, 1.807) is 42.5 Å². The smallest absolute Gasteiger partial charge is 0.262 e. The second-order valence-electron chi connectivity index (χ2n) is 7.81. The van der Waals surface area contributed by atoms with Gasteiger partial charge < -0.3 is 19.2 Å². The van der Waals surface area contributed by atoms with E-state index in [1.165, 1.54) is 24.3 Å². The van der Waals surface area contributed by atoms with Gasteiger partial charge in [-0.15, -0.1) is 10.2 Å². The third-order valence-corrected chi connectivity index (χ3v) is 6.63. The highest BCUT2D eigenvalue weighted by molar-refractivity contribution is 7.92. The van der Waals surface area contributed by atoms with Crippen molar-refractivity contribution in [2.24, 2.45) is 0 Å². The molecule has 1 aromatic heterocycles. The summed E-state index contributed by atoms with van der Waals surface area (Å²) < 4.78 is 57.9. The summed E-state index contributed by atoms with van der Waals surface area (Å²) in [6, 6.07) is 16.7. The van der Waals surface area contributed by atoms with Gasteiger partial charge in [0.15, 0.2) is 11.5 Å². The number of anilines is 2. The van der Waals surface area contributed by atoms with Gasteiger partial charge >= 0.3 is 0 Å². The average Bonchev–Trinajstić information content (AvgIpc) is 3.36. The first kappa shape index (κ1) is 22.7. The van der Waals surface area contributed by atoms with Gasteiger partial charge in [-0.3, -0.25) is 4.72 Å². The second-order valence-corrected chi connectivity index (χ2v) is 9.49. The predicted molar refractivity (Wildman–Crippen MR) is 126 cm³/mol. The van der Waals surface area contributed by atoms with Crippen LogP contribution in [0.4, 0.5) is 15.8 Å². The summed E-state index contributed by atoms with van der Waals surface area (Å²) in [6.45, 7) is 2.65. The fourth-order valence-corrected chi connectivity index (χ4v) is 4.54. The van der Waals surface area contributed by atoms with Crippen LogP contribution in [0.5, 0.6) is 11.5 Å². The van der Waals surface area contributed by atoms with Crippen molar-refractivity contribution in [3.8, 4) is 23.0 Å². The molecule has 0 bridgehead atoms. The van der Waals surface area contributed by atoms with Crippen molar-refractivity contribution < 1.29 is 26.7 Å². The van der Waals surface area contributed by atoms with Gasteiger partial charge in [-0.05, 0) is 67.6 Å². The maximum Gasteiger partial charge on any atom is 0.262 e. The van der Waals surface area contributed by atoms with Gasteiger partial charge in [0.25, 0.3) is 10.0 Å². The minimum absolute atomic E-state index is 0.0749. The Morgan fingerprint density at radius 3 is 2.31 bits per heavy atom. The van der Waals surface area contributed by atoms with E-state index in [1.807, 2.05) is 6.92 Å². The third-order valence-electron chi connectivity index (χ3n) is 5.25. The maximum atomic E-state index is 13.1. The molecule has 2 N–H and O–H groups in total. The van der Waals surface area contributed by atoms with Crippen LogP contribution < -0.4 is 19.5 Å². The lowest BCUT2D eigenvalue weighted by molar-refractivity contribution is 0.171. The molecule has 2 heterocycles. The lowest BCUT2D eigenvalue weighted by Gasteiger charge is -2.19. The van der Waals surface area contributed by atoms with E-state index in [-0.39, 0.29) is 22.6 Å². The van der Waals surface area contributed by atoms with E-state index in [0.717, 1.165) is 5.69 Å². The zero-order valence-corrected chi connectivity index (χ0v) is 19.4. The third kappa shape index (κ3) is 5.04. The fraction of sp³-hybridized carbons (Fsp3) is 0.167. The number of ether oxygens (including phenoxy) is 2. The molecule has 1 aliphatic rings. The average molecular weight is 497 g/mol. The molecule has 35 heavy (non-hydrogen) atoms. The van der Waals surface area contributed by atoms with Gasteiger partial charge in [0.1, 0.15) is 25.1 Å². The molecule has 5 rings (SSSR count). The molecule has 11 heteroatoms. The standard InChI is InChI=1S/C24H21FN4O5S/c1-15(23-27-28-24(34-23)16-2-4-17(25)5-3-16)26-18-6-8-19(9-7-18)29-35(30,31)20-10-11-21-22(14-20)33-13-12-32-21/h2-11,14-15,26,29H,12-13H2,1H3/t15-/m1/s1. The minimum Gasteiger partial charge on any atom is -0.486 e. The summed E-state index contributed by atoms with van der Waals surface area (Å²) in [6.07, 6.45) is 0. The summed E-state index contributed by atoms with van der Waals surface area (Å²) in [7, 11) is -3.81. The van der Waals surface area contributed by atoms with Crippen LogP contribution in [0.3, 0.4) is 0 Å². The first-order valence-corrected chi connectivity index (χ1v) is 12.2. The van der Waals surface area contributed by atoms with Crippen LogP contribution in [0.1, 0.15) is 18.9 Å². The van der Waals surface area contributed by atoms with Gasteiger partial charge in [0, 0.05) is 23.0 Å². The Kier molecular flexibility index (Phi) is 6.00. The van der Waals surface area contributed by atoms with Crippen LogP contribution in [0.2, 0.25) is 0 Å². The number of nitrogens with one attached hydrogen (secondary N) is 2. The number of hydrogen-bond acceptors (Lipinski definition) is 8. The lowest BCUT2D eigenvalue weighted by atomic mass is 10.2. The molecule has 0 spiro atoms. The normalized spacial score (nSPS) is 13.8. The van der Waals surface area contributed by atoms with Crippen molar-refractivity contribution in [3.63, 3.8) is 0 Å². The van der Waals surface area contributed by atoms with Crippen LogP contribution in [-0.4, -0.2) is 31.8 Å². The van der Waals surface area contributed by atoms with Crippen LogP contribution >= 0.6 is 0 Å². The monoisotopic (exact) mass is 496 g/mol. The first-order chi connectivity index (χ1) is 16.9. The van der Waals surface area contributed by atoms with E-state index in [9.17, 15) is 12.8 Å². The van der Waals surface area contributed by atoms with E-state index >= 15 is 0 Å².